The standard InChI is InChI=1S/C14H9F4NO2/c1-21-13(20)9-6-7-19-12(15)11(9)8-4-2-3-5-10(8)14(16,17)18/h2-7H,1H3. The Labute approximate surface area is 117 Å². The van der Waals surface area contributed by atoms with Gasteiger partial charge < -0.3 is 4.74 Å². The molecule has 1 aromatic heterocycles. The van der Waals surface area contributed by atoms with Crippen molar-refractivity contribution in [2.24, 2.45) is 0 Å². The van der Waals surface area contributed by atoms with Gasteiger partial charge in [-0.3, -0.25) is 0 Å². The third-order valence-corrected chi connectivity index (χ3v) is 2.81. The molecule has 3 nitrogen and oxygen atoms in total. The lowest BCUT2D eigenvalue weighted by atomic mass is 9.96. The van der Waals surface area contributed by atoms with Crippen molar-refractivity contribution in [1.82, 2.24) is 4.98 Å². The minimum atomic E-state index is -4.69. The summed E-state index contributed by atoms with van der Waals surface area (Å²) in [5.41, 5.74) is -2.36. The van der Waals surface area contributed by atoms with Crippen molar-refractivity contribution in [2.75, 3.05) is 7.11 Å². The van der Waals surface area contributed by atoms with Crippen LogP contribution in [0.1, 0.15) is 15.9 Å². The fourth-order valence-corrected chi connectivity index (χ4v) is 1.92. The SMILES string of the molecule is COC(=O)c1ccnc(F)c1-c1ccccc1C(F)(F)F. The number of aromatic nitrogens is 1. The van der Waals surface area contributed by atoms with Crippen LogP contribution < -0.4 is 0 Å². The zero-order chi connectivity index (χ0) is 15.6. The van der Waals surface area contributed by atoms with Gasteiger partial charge in [-0.15, -0.1) is 0 Å². The molecule has 0 N–H and O–H groups in total. The first kappa shape index (κ1) is 15.0. The summed E-state index contributed by atoms with van der Waals surface area (Å²) in [4.78, 5) is 14.9. The quantitative estimate of drug-likeness (QED) is 0.482. The van der Waals surface area contributed by atoms with Crippen LogP contribution in [0.4, 0.5) is 17.6 Å². The molecule has 0 bridgehead atoms. The Balaban J connectivity index is 2.77. The minimum Gasteiger partial charge on any atom is -0.465 e. The largest absolute Gasteiger partial charge is 0.465 e. The smallest absolute Gasteiger partial charge is 0.417 e. The van der Waals surface area contributed by atoms with Crippen LogP contribution in [0.15, 0.2) is 36.5 Å². The molecule has 0 saturated carbocycles. The summed E-state index contributed by atoms with van der Waals surface area (Å²) in [5.74, 6) is -2.11. The second kappa shape index (κ2) is 5.51. The number of pyridine rings is 1. The molecule has 7 heteroatoms. The highest BCUT2D eigenvalue weighted by Crippen LogP contribution is 2.38. The number of halogens is 4. The van der Waals surface area contributed by atoms with Gasteiger partial charge in [0, 0.05) is 6.20 Å². The van der Waals surface area contributed by atoms with E-state index in [2.05, 4.69) is 9.72 Å². The van der Waals surface area contributed by atoms with Gasteiger partial charge in [-0.25, -0.2) is 9.78 Å². The molecular formula is C14H9F4NO2. The lowest BCUT2D eigenvalue weighted by molar-refractivity contribution is -0.137. The van der Waals surface area contributed by atoms with Gasteiger partial charge in [0.25, 0.3) is 0 Å². The van der Waals surface area contributed by atoms with Crippen LogP contribution in [0, 0.1) is 5.95 Å². The van der Waals surface area contributed by atoms with Crippen LogP contribution >= 0.6 is 0 Å². The van der Waals surface area contributed by atoms with Crippen molar-refractivity contribution in [2.45, 2.75) is 6.18 Å². The number of carbonyl (C=O) groups excluding carboxylic acids is 1. The molecule has 0 atom stereocenters. The molecule has 0 aliphatic carbocycles. The Morgan fingerprint density at radius 1 is 1.19 bits per heavy atom. The molecule has 0 fully saturated rings. The van der Waals surface area contributed by atoms with Crippen LogP contribution in [0.3, 0.4) is 0 Å². The summed E-state index contributed by atoms with van der Waals surface area (Å²) in [6.07, 6.45) is -3.70. The second-order valence-corrected chi connectivity index (χ2v) is 4.06. The van der Waals surface area contributed by atoms with Gasteiger partial charge in [0.15, 0.2) is 0 Å². The molecule has 1 heterocycles. The number of ether oxygens (including phenoxy) is 1. The second-order valence-electron chi connectivity index (χ2n) is 4.06. The van der Waals surface area contributed by atoms with E-state index in [4.69, 9.17) is 0 Å². The van der Waals surface area contributed by atoms with Crippen LogP contribution in [0.2, 0.25) is 0 Å². The molecular weight excluding hydrogens is 290 g/mol. The van der Waals surface area contributed by atoms with E-state index >= 15 is 0 Å². The van der Waals surface area contributed by atoms with E-state index in [1.165, 1.54) is 12.1 Å². The Bertz CT molecular complexity index is 683. The molecule has 2 aromatic rings. The van der Waals surface area contributed by atoms with Crippen molar-refractivity contribution in [1.29, 1.82) is 0 Å². The van der Waals surface area contributed by atoms with Crippen LogP contribution in [0.25, 0.3) is 11.1 Å². The van der Waals surface area contributed by atoms with Crippen molar-refractivity contribution >= 4 is 5.97 Å². The van der Waals surface area contributed by atoms with Gasteiger partial charge >= 0.3 is 12.1 Å². The molecule has 1 aromatic carbocycles. The lowest BCUT2D eigenvalue weighted by Gasteiger charge is -2.15. The summed E-state index contributed by atoms with van der Waals surface area (Å²) in [5, 5.41) is 0. The number of methoxy groups -OCH3 is 1. The lowest BCUT2D eigenvalue weighted by Crippen LogP contribution is -2.11. The first-order valence-corrected chi connectivity index (χ1v) is 5.75. The molecule has 0 aliphatic rings. The van der Waals surface area contributed by atoms with E-state index in [-0.39, 0.29) is 5.56 Å². The highest BCUT2D eigenvalue weighted by Gasteiger charge is 2.35. The summed E-state index contributed by atoms with van der Waals surface area (Å²) in [6, 6.07) is 5.49. The number of hydrogen-bond donors (Lipinski definition) is 0. The maximum absolute atomic E-state index is 13.9. The number of alkyl halides is 3. The molecule has 0 amide bonds. The number of benzene rings is 1. The number of rotatable bonds is 2. The first-order valence-electron chi connectivity index (χ1n) is 5.75. The van der Waals surface area contributed by atoms with Crippen LogP contribution in [-0.2, 0) is 10.9 Å². The first-order chi connectivity index (χ1) is 9.86. The monoisotopic (exact) mass is 299 g/mol. The third kappa shape index (κ3) is 2.86. The van der Waals surface area contributed by atoms with Gasteiger partial charge in [-0.05, 0) is 17.7 Å². The average Bonchev–Trinajstić information content (AvgIpc) is 2.45. The molecule has 2 rings (SSSR count). The van der Waals surface area contributed by atoms with E-state index in [0.29, 0.717) is 0 Å². The van der Waals surface area contributed by atoms with Gasteiger partial charge in [0.1, 0.15) is 0 Å². The van der Waals surface area contributed by atoms with Crippen molar-refractivity contribution < 1.29 is 27.1 Å². The predicted octanol–water partition coefficient (Wildman–Crippen LogP) is 3.69. The summed E-state index contributed by atoms with van der Waals surface area (Å²) in [6.45, 7) is 0. The molecule has 0 aliphatic heterocycles. The molecule has 0 saturated heterocycles. The molecule has 110 valence electrons. The Kier molecular flexibility index (Phi) is 3.93. The van der Waals surface area contributed by atoms with Gasteiger partial charge in [0.2, 0.25) is 5.95 Å². The summed E-state index contributed by atoms with van der Waals surface area (Å²) < 4.78 is 57.4. The molecule has 0 radical (unpaired) electrons. The van der Waals surface area contributed by atoms with Crippen molar-refractivity contribution in [3.8, 4) is 11.1 Å². The molecule has 0 spiro atoms. The molecule has 21 heavy (non-hydrogen) atoms. The average molecular weight is 299 g/mol. The van der Waals surface area contributed by atoms with Crippen molar-refractivity contribution in [3.63, 3.8) is 0 Å². The topological polar surface area (TPSA) is 39.2 Å². The van der Waals surface area contributed by atoms with E-state index in [1.54, 1.807) is 0 Å². The van der Waals surface area contributed by atoms with E-state index in [0.717, 1.165) is 31.5 Å². The zero-order valence-electron chi connectivity index (χ0n) is 10.7. The van der Waals surface area contributed by atoms with Crippen molar-refractivity contribution in [3.05, 3.63) is 53.6 Å². The van der Waals surface area contributed by atoms with Crippen LogP contribution in [0.5, 0.6) is 0 Å². The van der Waals surface area contributed by atoms with E-state index < -0.39 is 34.8 Å². The Morgan fingerprint density at radius 2 is 1.86 bits per heavy atom. The zero-order valence-corrected chi connectivity index (χ0v) is 10.7. The van der Waals surface area contributed by atoms with E-state index in [9.17, 15) is 22.4 Å². The third-order valence-electron chi connectivity index (χ3n) is 2.81. The normalized spacial score (nSPS) is 11.3. The van der Waals surface area contributed by atoms with Crippen LogP contribution in [-0.4, -0.2) is 18.1 Å². The van der Waals surface area contributed by atoms with Gasteiger partial charge in [-0.2, -0.15) is 17.6 Å². The number of hydrogen-bond acceptors (Lipinski definition) is 3. The number of carbonyl (C=O) groups is 1. The maximum atomic E-state index is 13.9. The number of esters is 1. The van der Waals surface area contributed by atoms with Gasteiger partial charge in [0.05, 0.1) is 23.8 Å². The maximum Gasteiger partial charge on any atom is 0.417 e. The minimum absolute atomic E-state index is 0.318. The Morgan fingerprint density at radius 3 is 2.48 bits per heavy atom. The van der Waals surface area contributed by atoms with Gasteiger partial charge in [-0.1, -0.05) is 18.2 Å². The highest BCUT2D eigenvalue weighted by atomic mass is 19.4. The summed E-state index contributed by atoms with van der Waals surface area (Å²) in [7, 11) is 1.06. The highest BCUT2D eigenvalue weighted by molar-refractivity contribution is 5.97. The predicted molar refractivity (Wildman–Crippen MR) is 66.0 cm³/mol. The fourth-order valence-electron chi connectivity index (χ4n) is 1.92. The molecule has 0 unspecified atom stereocenters. The Hall–Kier alpha value is -2.44. The van der Waals surface area contributed by atoms with E-state index in [1.807, 2.05) is 0 Å². The number of nitrogens with zero attached hydrogens (tertiary/aromatic N) is 1. The summed E-state index contributed by atoms with van der Waals surface area (Å²) >= 11 is 0. The fraction of sp³-hybridized carbons (Fsp3) is 0.143.